The Morgan fingerprint density at radius 2 is 1.94 bits per heavy atom. The van der Waals surface area contributed by atoms with Gasteiger partial charge in [0.15, 0.2) is 29.4 Å². The number of halogens is 1. The largest absolute Gasteiger partial charge is 0.364 e. The van der Waals surface area contributed by atoms with Gasteiger partial charge in [-0.2, -0.15) is 0 Å². The van der Waals surface area contributed by atoms with E-state index in [2.05, 4.69) is 51.4 Å². The monoisotopic (exact) mass is 451 g/mol. The topological polar surface area (TPSA) is 64.9 Å². The van der Waals surface area contributed by atoms with E-state index < -0.39 is 20.5 Å². The minimum atomic E-state index is -1.62. The third kappa shape index (κ3) is 4.69. The summed E-state index contributed by atoms with van der Waals surface area (Å²) in [4.78, 5) is 13.8. The molecule has 168 valence electrons. The van der Waals surface area contributed by atoms with Crippen molar-refractivity contribution in [3.8, 4) is 11.5 Å². The number of ether oxygens (including phenoxy) is 1. The fourth-order valence-corrected chi connectivity index (χ4v) is 4.32. The molecule has 1 aromatic carbocycles. The van der Waals surface area contributed by atoms with Gasteiger partial charge in [0.2, 0.25) is 5.82 Å². The van der Waals surface area contributed by atoms with Crippen LogP contribution in [0, 0.1) is 17.4 Å². The molecule has 32 heavy (non-hydrogen) atoms. The lowest BCUT2D eigenvalue weighted by atomic mass is 10.00. The Kier molecular flexibility index (Phi) is 6.31. The molecule has 0 radical (unpaired) electrons. The van der Waals surface area contributed by atoms with Gasteiger partial charge in [0.25, 0.3) is 0 Å². The first-order valence-corrected chi connectivity index (χ1v) is 14.6. The van der Waals surface area contributed by atoms with Crippen LogP contribution in [-0.4, -0.2) is 39.9 Å². The van der Waals surface area contributed by atoms with Gasteiger partial charge in [0.05, 0.1) is 12.4 Å². The Morgan fingerprint density at radius 1 is 1.19 bits per heavy atom. The first kappa shape index (κ1) is 22.4. The van der Waals surface area contributed by atoms with E-state index in [0.717, 1.165) is 12.0 Å². The van der Waals surface area contributed by atoms with Crippen molar-refractivity contribution in [2.24, 2.45) is 5.92 Å². The quantitative estimate of drug-likeness (QED) is 0.439. The number of nitrogens with zero attached hydrogens (tertiary/aromatic N) is 4. The molecule has 0 spiro atoms. The molecule has 3 heterocycles. The number of hydrogen-bond donors (Lipinski definition) is 1. The Bertz CT molecular complexity index is 1150. The highest BCUT2D eigenvalue weighted by Crippen LogP contribution is 2.39. The molecule has 1 saturated heterocycles. The third-order valence-corrected chi connectivity index (χ3v) is 6.50. The zero-order valence-corrected chi connectivity index (χ0v) is 20.3. The van der Waals surface area contributed by atoms with Crippen molar-refractivity contribution in [3.05, 3.63) is 48.0 Å². The minimum Gasteiger partial charge on any atom is -0.364 e. The van der Waals surface area contributed by atoms with E-state index in [-0.39, 0.29) is 12.0 Å². The maximum atomic E-state index is 15.1. The minimum absolute atomic E-state index is 0.129. The van der Waals surface area contributed by atoms with Crippen LogP contribution in [0.4, 0.5) is 10.2 Å². The third-order valence-electron chi connectivity index (χ3n) is 5.63. The maximum absolute atomic E-state index is 15.1. The fraction of sp³-hybridized carbons (Fsp3) is 0.458. The van der Waals surface area contributed by atoms with Gasteiger partial charge in [-0.15, -0.1) is 5.54 Å². The number of benzene rings is 1. The SMILES string of the molecule is CC[C@H]1O[C@@H](n2cnc3c(NCc4ccccc4)nc(C#C[Si](C)(C)C)nc32)[C@@H](F)[C@@H]1C. The van der Waals surface area contributed by atoms with Crippen LogP contribution in [0.2, 0.25) is 19.6 Å². The number of aromatic nitrogens is 4. The van der Waals surface area contributed by atoms with Gasteiger partial charge in [0.1, 0.15) is 8.07 Å². The standard InChI is InChI=1S/C24H30FN5OSi/c1-6-18-16(2)20(25)24(31-18)30-15-27-21-22(26-14-17-10-8-7-9-11-17)28-19(29-23(21)30)12-13-32(3,4)5/h7-11,15-16,18,20,24H,6,14H2,1-5H3,(H,26,28,29)/t16-,18-,20+,24-/m1/s1. The Morgan fingerprint density at radius 3 is 2.59 bits per heavy atom. The molecule has 0 saturated carbocycles. The number of imidazole rings is 1. The van der Waals surface area contributed by atoms with E-state index in [1.807, 2.05) is 44.2 Å². The number of anilines is 1. The van der Waals surface area contributed by atoms with Crippen molar-refractivity contribution in [2.75, 3.05) is 5.32 Å². The number of rotatable bonds is 5. The van der Waals surface area contributed by atoms with Crippen molar-refractivity contribution in [1.29, 1.82) is 0 Å². The van der Waals surface area contributed by atoms with E-state index >= 15 is 4.39 Å². The van der Waals surface area contributed by atoms with Crippen molar-refractivity contribution in [2.45, 2.75) is 65.0 Å². The summed E-state index contributed by atoms with van der Waals surface area (Å²) in [7, 11) is -1.62. The Labute approximate surface area is 189 Å². The van der Waals surface area contributed by atoms with Crippen LogP contribution in [0.5, 0.6) is 0 Å². The fourth-order valence-electron chi connectivity index (χ4n) is 3.84. The Balaban J connectivity index is 1.75. The van der Waals surface area contributed by atoms with Gasteiger partial charge in [-0.1, -0.05) is 63.8 Å². The van der Waals surface area contributed by atoms with Gasteiger partial charge in [-0.25, -0.2) is 19.3 Å². The molecule has 2 aromatic heterocycles. The summed E-state index contributed by atoms with van der Waals surface area (Å²) >= 11 is 0. The van der Waals surface area contributed by atoms with Gasteiger partial charge in [-0.3, -0.25) is 4.57 Å². The molecule has 1 N–H and O–H groups in total. The lowest BCUT2D eigenvalue weighted by Crippen LogP contribution is -2.20. The molecule has 4 rings (SSSR count). The summed E-state index contributed by atoms with van der Waals surface area (Å²) < 4.78 is 22.9. The van der Waals surface area contributed by atoms with Crippen molar-refractivity contribution >= 4 is 25.1 Å². The van der Waals surface area contributed by atoms with Crippen LogP contribution in [0.15, 0.2) is 36.7 Å². The second-order valence-corrected chi connectivity index (χ2v) is 14.1. The Hall–Kier alpha value is -2.76. The summed E-state index contributed by atoms with van der Waals surface area (Å²) in [5, 5.41) is 3.37. The van der Waals surface area contributed by atoms with E-state index in [9.17, 15) is 0 Å². The molecule has 1 fully saturated rings. The molecule has 3 aromatic rings. The average Bonchev–Trinajstić information content (AvgIpc) is 3.31. The second-order valence-electron chi connectivity index (χ2n) is 9.34. The summed E-state index contributed by atoms with van der Waals surface area (Å²) in [6.45, 7) is 11.0. The predicted molar refractivity (Wildman–Crippen MR) is 128 cm³/mol. The first-order valence-electron chi connectivity index (χ1n) is 11.1. The van der Waals surface area contributed by atoms with Crippen molar-refractivity contribution < 1.29 is 9.13 Å². The smallest absolute Gasteiger partial charge is 0.208 e. The molecule has 0 bridgehead atoms. The van der Waals surface area contributed by atoms with E-state index in [0.29, 0.717) is 29.4 Å². The predicted octanol–water partition coefficient (Wildman–Crippen LogP) is 4.95. The van der Waals surface area contributed by atoms with E-state index in [4.69, 9.17) is 4.74 Å². The lowest BCUT2D eigenvalue weighted by molar-refractivity contribution is -0.0186. The zero-order valence-electron chi connectivity index (χ0n) is 19.3. The van der Waals surface area contributed by atoms with E-state index in [1.54, 1.807) is 10.9 Å². The molecule has 0 amide bonds. The molecular formula is C24H30FN5OSi. The van der Waals surface area contributed by atoms with Crippen LogP contribution in [0.1, 0.15) is 37.9 Å². The zero-order chi connectivity index (χ0) is 22.9. The van der Waals surface area contributed by atoms with Gasteiger partial charge in [-0.05, 0) is 17.9 Å². The lowest BCUT2D eigenvalue weighted by Gasteiger charge is -2.16. The van der Waals surface area contributed by atoms with E-state index in [1.165, 1.54) is 0 Å². The van der Waals surface area contributed by atoms with Crippen LogP contribution in [0.3, 0.4) is 0 Å². The molecule has 6 nitrogen and oxygen atoms in total. The summed E-state index contributed by atoms with van der Waals surface area (Å²) in [5.74, 6) is 3.94. The number of hydrogen-bond acceptors (Lipinski definition) is 5. The number of fused-ring (bicyclic) bond motifs is 1. The van der Waals surface area contributed by atoms with Crippen LogP contribution >= 0.6 is 0 Å². The second kappa shape index (κ2) is 9.00. The normalized spacial score (nSPS) is 23.2. The molecule has 0 unspecified atom stereocenters. The van der Waals surface area contributed by atoms with Crippen LogP contribution in [-0.2, 0) is 11.3 Å². The van der Waals surface area contributed by atoms with Crippen molar-refractivity contribution in [1.82, 2.24) is 19.5 Å². The molecule has 4 atom stereocenters. The van der Waals surface area contributed by atoms with Crippen LogP contribution < -0.4 is 5.32 Å². The molecular weight excluding hydrogens is 421 g/mol. The highest BCUT2D eigenvalue weighted by molar-refractivity contribution is 6.83. The number of alkyl halides is 1. The molecule has 1 aliphatic rings. The van der Waals surface area contributed by atoms with Gasteiger partial charge < -0.3 is 10.1 Å². The van der Waals surface area contributed by atoms with Crippen LogP contribution in [0.25, 0.3) is 11.2 Å². The highest BCUT2D eigenvalue weighted by Gasteiger charge is 2.43. The average molecular weight is 452 g/mol. The van der Waals surface area contributed by atoms with Gasteiger partial charge >= 0.3 is 0 Å². The van der Waals surface area contributed by atoms with Crippen molar-refractivity contribution in [3.63, 3.8) is 0 Å². The maximum Gasteiger partial charge on any atom is 0.208 e. The summed E-state index contributed by atoms with van der Waals surface area (Å²) in [6, 6.07) is 10.1. The van der Waals surface area contributed by atoms with Gasteiger partial charge in [0, 0.05) is 12.5 Å². The summed E-state index contributed by atoms with van der Waals surface area (Å²) in [5.41, 5.74) is 5.56. The molecule has 1 aliphatic heterocycles. The highest BCUT2D eigenvalue weighted by atomic mass is 28.3. The molecule has 0 aliphatic carbocycles. The molecule has 8 heteroatoms. The summed E-state index contributed by atoms with van der Waals surface area (Å²) in [6.07, 6.45) is 0.344. The first-order chi connectivity index (χ1) is 15.3. The number of nitrogens with one attached hydrogen (secondary N) is 1.